The Labute approximate surface area is 379 Å². The second kappa shape index (κ2) is 22.1. The average Bonchev–Trinajstić information content (AvgIpc) is 3.32. The van der Waals surface area contributed by atoms with Gasteiger partial charge in [0.05, 0.1) is 24.7 Å². The summed E-state index contributed by atoms with van der Waals surface area (Å²) in [6.45, 7) is 5.24. The molecule has 13 heteroatoms. The number of piperidine rings is 1. The number of nitrogens with zero attached hydrogens (tertiary/aromatic N) is 2. The minimum Gasteiger partial charge on any atom is -0.506 e. The van der Waals surface area contributed by atoms with E-state index in [4.69, 9.17) is 9.47 Å². The quantitative estimate of drug-likeness (QED) is 0.0585. The highest BCUT2D eigenvalue weighted by atomic mass is 16.6. The highest BCUT2D eigenvalue weighted by molar-refractivity contribution is 5.93. The number of carbonyl (C=O) groups excluding carboxylic acids is 3. The number of phenolic OH excluding ortho intramolecular Hbond substituents is 1. The number of para-hydroxylation sites is 1. The summed E-state index contributed by atoms with van der Waals surface area (Å²) in [7, 11) is 3.42. The number of nitrogens with one attached hydrogen (secondary N) is 4. The third-order valence-corrected chi connectivity index (χ3v) is 12.0. The minimum atomic E-state index is -0.465. The Bertz CT molecular complexity index is 2630. The van der Waals surface area contributed by atoms with Crippen LogP contribution in [0.25, 0.3) is 22.0 Å². The number of carbonyl (C=O) groups is 3. The number of hydrogen-bond donors (Lipinski definition) is 5. The number of rotatable bonds is 18. The number of likely N-dealkylation sites (tertiary alicyclic amines) is 1. The number of ether oxygens (including phenoxy) is 2. The predicted molar refractivity (Wildman–Crippen MR) is 256 cm³/mol. The van der Waals surface area contributed by atoms with Gasteiger partial charge in [0.2, 0.25) is 17.4 Å². The maximum Gasteiger partial charge on any atom is 0.411 e. The number of pyridine rings is 1. The second-order valence-electron chi connectivity index (χ2n) is 16.6. The van der Waals surface area contributed by atoms with Crippen molar-refractivity contribution >= 4 is 40.2 Å². The van der Waals surface area contributed by atoms with Gasteiger partial charge in [-0.25, -0.2) is 4.79 Å². The van der Waals surface area contributed by atoms with Crippen LogP contribution in [0.5, 0.6) is 11.5 Å². The SMILES string of the molecule is COc1ccc(CC(=O)NCc2ccc(N(C)C(=O)CCN3CCC(OC(=O)Nc4ccccc4-c4ccccc4)CC3)cc2)cc1C[C@H](C)NCCc1ccc(O)c2[nH]c(=O)ccc12. The topological polar surface area (TPSA) is 165 Å². The van der Waals surface area contributed by atoms with Crippen molar-refractivity contribution in [3.05, 3.63) is 154 Å². The number of phenols is 1. The first-order valence-electron chi connectivity index (χ1n) is 22.2. The van der Waals surface area contributed by atoms with Crippen LogP contribution < -0.4 is 31.1 Å². The maximum absolute atomic E-state index is 13.2. The molecule has 1 fully saturated rings. The molecule has 1 saturated heterocycles. The normalized spacial score (nSPS) is 13.5. The van der Waals surface area contributed by atoms with E-state index in [0.717, 1.165) is 63.3 Å². The van der Waals surface area contributed by atoms with Gasteiger partial charge >= 0.3 is 6.09 Å². The first kappa shape index (κ1) is 46.0. The largest absolute Gasteiger partial charge is 0.506 e. The summed E-state index contributed by atoms with van der Waals surface area (Å²) in [6.07, 6.45) is 2.72. The standard InChI is InChI=1S/C52H58N6O7/c1-35(53-27-23-39-16-20-46(59)51-44(39)19-22-48(60)56-51)31-40-32-37(15-21-47(40)64-3)33-49(61)54-34-36-13-17-41(18-14-36)57(2)50(62)26-30-58-28-24-42(25-29-58)65-52(63)55-45-12-8-7-11-43(45)38-9-5-4-6-10-38/h4-22,32,35,42,53,59H,23-31,33-34H2,1-3H3,(H,54,61)(H,55,63)(H,56,60)/t35-/m0/s1. The van der Waals surface area contributed by atoms with Crippen molar-refractivity contribution in [2.75, 3.05) is 50.6 Å². The molecule has 1 aliphatic heterocycles. The van der Waals surface area contributed by atoms with Gasteiger partial charge < -0.3 is 40.0 Å². The summed E-state index contributed by atoms with van der Waals surface area (Å²) in [6, 6.07) is 37.8. The van der Waals surface area contributed by atoms with E-state index in [1.165, 1.54) is 6.07 Å². The number of aromatic nitrogens is 1. The summed E-state index contributed by atoms with van der Waals surface area (Å²) in [4.78, 5) is 57.5. The number of benzene rings is 5. The van der Waals surface area contributed by atoms with E-state index < -0.39 is 6.09 Å². The van der Waals surface area contributed by atoms with Gasteiger partial charge in [-0.2, -0.15) is 0 Å². The van der Waals surface area contributed by atoms with Crippen LogP contribution in [0, 0.1) is 0 Å². The molecule has 1 atom stereocenters. The first-order valence-corrected chi connectivity index (χ1v) is 22.2. The third kappa shape index (κ3) is 12.6. The fourth-order valence-electron chi connectivity index (χ4n) is 8.33. The van der Waals surface area contributed by atoms with Crippen molar-refractivity contribution in [3.8, 4) is 22.6 Å². The molecule has 5 N–H and O–H groups in total. The van der Waals surface area contributed by atoms with E-state index in [9.17, 15) is 24.3 Å². The van der Waals surface area contributed by atoms with E-state index in [1.807, 2.05) is 103 Å². The molecule has 0 unspecified atom stereocenters. The Kier molecular flexibility index (Phi) is 15.7. The summed E-state index contributed by atoms with van der Waals surface area (Å²) in [5.41, 5.74) is 7.43. The zero-order valence-electron chi connectivity index (χ0n) is 37.3. The van der Waals surface area contributed by atoms with E-state index >= 15 is 0 Å². The Balaban J connectivity index is 0.804. The molecule has 5 aromatic carbocycles. The van der Waals surface area contributed by atoms with Crippen LogP contribution in [0.1, 0.15) is 48.4 Å². The molecule has 3 amide bonds. The Hall–Kier alpha value is -6.96. The van der Waals surface area contributed by atoms with Gasteiger partial charge in [0.1, 0.15) is 17.6 Å². The molecule has 1 aliphatic rings. The molecule has 13 nitrogen and oxygen atoms in total. The maximum atomic E-state index is 13.2. The lowest BCUT2D eigenvalue weighted by atomic mass is 10.0. The molecule has 0 saturated carbocycles. The Morgan fingerprint density at radius 2 is 1.62 bits per heavy atom. The fraction of sp³-hybridized carbons (Fsp3) is 0.308. The van der Waals surface area contributed by atoms with Crippen LogP contribution in [0.2, 0.25) is 0 Å². The summed E-state index contributed by atoms with van der Waals surface area (Å²) in [5, 5.41) is 20.5. The summed E-state index contributed by atoms with van der Waals surface area (Å²) in [5.74, 6) is 0.712. The van der Waals surface area contributed by atoms with Crippen LogP contribution >= 0.6 is 0 Å². The van der Waals surface area contributed by atoms with Gasteiger partial charge in [-0.3, -0.25) is 19.7 Å². The van der Waals surface area contributed by atoms with Gasteiger partial charge in [-0.15, -0.1) is 0 Å². The zero-order chi connectivity index (χ0) is 45.7. The van der Waals surface area contributed by atoms with Crippen LogP contribution in [0.15, 0.2) is 126 Å². The lowest BCUT2D eigenvalue weighted by Gasteiger charge is -2.31. The smallest absolute Gasteiger partial charge is 0.411 e. The molecule has 6 aromatic rings. The van der Waals surface area contributed by atoms with Crippen molar-refractivity contribution in [3.63, 3.8) is 0 Å². The van der Waals surface area contributed by atoms with Gasteiger partial charge in [0.15, 0.2) is 0 Å². The number of fused-ring (bicyclic) bond motifs is 1. The van der Waals surface area contributed by atoms with Crippen molar-refractivity contribution < 1.29 is 29.0 Å². The molecule has 0 bridgehead atoms. The summed E-state index contributed by atoms with van der Waals surface area (Å²) < 4.78 is 11.4. The van der Waals surface area contributed by atoms with Crippen molar-refractivity contribution in [1.82, 2.24) is 20.5 Å². The van der Waals surface area contributed by atoms with E-state index in [-0.39, 0.29) is 41.7 Å². The van der Waals surface area contributed by atoms with Crippen molar-refractivity contribution in [2.45, 2.75) is 64.1 Å². The van der Waals surface area contributed by atoms with Gasteiger partial charge in [0.25, 0.3) is 0 Å². The Morgan fingerprint density at radius 1 is 0.877 bits per heavy atom. The highest BCUT2D eigenvalue weighted by Gasteiger charge is 2.24. The van der Waals surface area contributed by atoms with Gasteiger partial charge in [0, 0.05) is 68.4 Å². The Morgan fingerprint density at radius 3 is 2.38 bits per heavy atom. The number of anilines is 2. The van der Waals surface area contributed by atoms with Crippen molar-refractivity contribution in [1.29, 1.82) is 0 Å². The lowest BCUT2D eigenvalue weighted by Crippen LogP contribution is -2.40. The number of H-pyrrole nitrogens is 1. The highest BCUT2D eigenvalue weighted by Crippen LogP contribution is 2.29. The van der Waals surface area contributed by atoms with Gasteiger partial charge in [-0.05, 0) is 103 Å². The first-order chi connectivity index (χ1) is 31.5. The molecule has 0 spiro atoms. The summed E-state index contributed by atoms with van der Waals surface area (Å²) >= 11 is 0. The van der Waals surface area contributed by atoms with Crippen LogP contribution in [0.3, 0.4) is 0 Å². The number of hydrogen-bond acceptors (Lipinski definition) is 9. The molecule has 0 radical (unpaired) electrons. The molecule has 65 heavy (non-hydrogen) atoms. The number of methoxy groups -OCH3 is 1. The van der Waals surface area contributed by atoms with Crippen LogP contribution in [0.4, 0.5) is 16.2 Å². The van der Waals surface area contributed by atoms with E-state index in [2.05, 4.69) is 32.8 Å². The van der Waals surface area contributed by atoms with E-state index in [0.29, 0.717) is 62.9 Å². The number of amides is 3. The second-order valence-corrected chi connectivity index (χ2v) is 16.6. The number of aromatic amines is 1. The number of aromatic hydroxyl groups is 1. The van der Waals surface area contributed by atoms with Crippen LogP contribution in [-0.2, 0) is 40.1 Å². The minimum absolute atomic E-state index is 0.00676. The zero-order valence-corrected chi connectivity index (χ0v) is 37.3. The fourth-order valence-corrected chi connectivity index (χ4v) is 8.33. The molecule has 7 rings (SSSR count). The molecule has 2 heterocycles. The monoisotopic (exact) mass is 878 g/mol. The van der Waals surface area contributed by atoms with Crippen molar-refractivity contribution in [2.24, 2.45) is 0 Å². The third-order valence-electron chi connectivity index (χ3n) is 12.0. The average molecular weight is 879 g/mol. The lowest BCUT2D eigenvalue weighted by molar-refractivity contribution is -0.120. The molecule has 0 aliphatic carbocycles. The predicted octanol–water partition coefficient (Wildman–Crippen LogP) is 7.60. The van der Waals surface area contributed by atoms with E-state index in [1.54, 1.807) is 31.2 Å². The molecule has 338 valence electrons. The molecular formula is C52H58N6O7. The van der Waals surface area contributed by atoms with Gasteiger partial charge in [-0.1, -0.05) is 78.9 Å². The van der Waals surface area contributed by atoms with Crippen LogP contribution in [-0.4, -0.2) is 85.4 Å². The molecule has 1 aromatic heterocycles. The molecular weight excluding hydrogens is 821 g/mol.